The van der Waals surface area contributed by atoms with Crippen molar-refractivity contribution >= 4 is 5.91 Å². The third-order valence-corrected chi connectivity index (χ3v) is 4.17. The maximum Gasteiger partial charge on any atom is 0.224 e. The predicted octanol–water partition coefficient (Wildman–Crippen LogP) is 0.652. The molecule has 4 heteroatoms. The number of carbonyl (C=O) groups is 1. The van der Waals surface area contributed by atoms with Crippen LogP contribution in [0.3, 0.4) is 0 Å². The zero-order chi connectivity index (χ0) is 12.5. The van der Waals surface area contributed by atoms with E-state index < -0.39 is 0 Å². The molecule has 2 rings (SSSR count). The van der Waals surface area contributed by atoms with Gasteiger partial charge < -0.3 is 15.7 Å². The van der Waals surface area contributed by atoms with Crippen molar-refractivity contribution in [3.05, 3.63) is 0 Å². The number of fused-ring (bicyclic) bond motifs is 2. The molecular formula is C13H24N2O2. The van der Waals surface area contributed by atoms with E-state index in [1.165, 1.54) is 6.42 Å². The van der Waals surface area contributed by atoms with Crippen molar-refractivity contribution < 1.29 is 9.90 Å². The second-order valence-electron chi connectivity index (χ2n) is 6.25. The van der Waals surface area contributed by atoms with Crippen molar-refractivity contribution in [1.82, 2.24) is 10.6 Å². The molecule has 0 aromatic rings. The lowest BCUT2D eigenvalue weighted by atomic mass is 9.87. The number of aliphatic hydroxyl groups is 1. The zero-order valence-electron chi connectivity index (χ0n) is 10.8. The van der Waals surface area contributed by atoms with Gasteiger partial charge in [0.2, 0.25) is 5.91 Å². The lowest BCUT2D eigenvalue weighted by Gasteiger charge is -2.26. The summed E-state index contributed by atoms with van der Waals surface area (Å²) in [4.78, 5) is 12.1. The van der Waals surface area contributed by atoms with E-state index in [9.17, 15) is 4.79 Å². The van der Waals surface area contributed by atoms with Gasteiger partial charge in [-0.25, -0.2) is 0 Å². The van der Waals surface area contributed by atoms with Gasteiger partial charge in [-0.1, -0.05) is 13.8 Å². The third kappa shape index (κ3) is 2.99. The number of carbonyl (C=O) groups excluding carboxylic acids is 1. The topological polar surface area (TPSA) is 61.4 Å². The molecule has 2 aliphatic heterocycles. The molecule has 1 amide bonds. The molecule has 4 nitrogen and oxygen atoms in total. The molecule has 2 heterocycles. The van der Waals surface area contributed by atoms with E-state index in [2.05, 4.69) is 24.5 Å². The van der Waals surface area contributed by atoms with Crippen LogP contribution in [-0.2, 0) is 4.79 Å². The van der Waals surface area contributed by atoms with Crippen LogP contribution in [0.25, 0.3) is 0 Å². The fourth-order valence-electron chi connectivity index (χ4n) is 2.96. The van der Waals surface area contributed by atoms with Crippen LogP contribution in [0.4, 0.5) is 0 Å². The van der Waals surface area contributed by atoms with E-state index in [1.807, 2.05) is 0 Å². The van der Waals surface area contributed by atoms with E-state index in [0.717, 1.165) is 19.3 Å². The fraction of sp³-hybridized carbons (Fsp3) is 0.923. The Hall–Kier alpha value is -0.610. The Bertz CT molecular complexity index is 291. The monoisotopic (exact) mass is 240 g/mol. The minimum absolute atomic E-state index is 0.0184. The molecule has 0 aromatic heterocycles. The smallest absolute Gasteiger partial charge is 0.224 e. The Morgan fingerprint density at radius 2 is 2.24 bits per heavy atom. The highest BCUT2D eigenvalue weighted by Gasteiger charge is 2.42. The lowest BCUT2D eigenvalue weighted by Crippen LogP contribution is -2.41. The van der Waals surface area contributed by atoms with Gasteiger partial charge in [-0.3, -0.25) is 4.79 Å². The van der Waals surface area contributed by atoms with E-state index >= 15 is 0 Å². The quantitative estimate of drug-likeness (QED) is 0.661. The van der Waals surface area contributed by atoms with E-state index in [4.69, 9.17) is 5.11 Å². The number of aliphatic hydroxyl groups excluding tert-OH is 1. The highest BCUT2D eigenvalue weighted by Crippen LogP contribution is 2.33. The molecule has 0 saturated carbocycles. The van der Waals surface area contributed by atoms with Gasteiger partial charge in [0, 0.05) is 25.2 Å². The van der Waals surface area contributed by atoms with Gasteiger partial charge in [0.1, 0.15) is 0 Å². The van der Waals surface area contributed by atoms with Crippen LogP contribution < -0.4 is 10.6 Å². The van der Waals surface area contributed by atoms with Crippen LogP contribution in [0.5, 0.6) is 0 Å². The molecule has 0 aliphatic carbocycles. The Kier molecular flexibility index (Phi) is 3.73. The van der Waals surface area contributed by atoms with Crippen LogP contribution in [0, 0.1) is 11.3 Å². The Morgan fingerprint density at radius 1 is 1.47 bits per heavy atom. The first kappa shape index (κ1) is 12.8. The van der Waals surface area contributed by atoms with Gasteiger partial charge in [-0.2, -0.15) is 0 Å². The predicted molar refractivity (Wildman–Crippen MR) is 66.5 cm³/mol. The summed E-state index contributed by atoms with van der Waals surface area (Å²) in [5.74, 6) is 0.356. The van der Waals surface area contributed by atoms with Crippen LogP contribution in [0.1, 0.15) is 39.5 Å². The fourth-order valence-corrected chi connectivity index (χ4v) is 2.96. The van der Waals surface area contributed by atoms with Crippen molar-refractivity contribution in [2.75, 3.05) is 13.2 Å². The average molecular weight is 240 g/mol. The van der Waals surface area contributed by atoms with Crippen LogP contribution >= 0.6 is 0 Å². The molecular weight excluding hydrogens is 216 g/mol. The Labute approximate surface area is 103 Å². The van der Waals surface area contributed by atoms with Gasteiger partial charge in [0.05, 0.1) is 5.92 Å². The summed E-state index contributed by atoms with van der Waals surface area (Å²) in [6.45, 7) is 4.98. The molecule has 0 aromatic carbocycles. The van der Waals surface area contributed by atoms with Crippen LogP contribution in [0.2, 0.25) is 0 Å². The molecule has 3 unspecified atom stereocenters. The summed E-state index contributed by atoms with van der Waals surface area (Å²) >= 11 is 0. The molecule has 17 heavy (non-hydrogen) atoms. The van der Waals surface area contributed by atoms with Gasteiger partial charge in [-0.15, -0.1) is 0 Å². The summed E-state index contributed by atoms with van der Waals surface area (Å²) in [6.07, 6.45) is 4.09. The number of amides is 1. The molecule has 98 valence electrons. The van der Waals surface area contributed by atoms with Crippen molar-refractivity contribution in [2.24, 2.45) is 11.3 Å². The first-order chi connectivity index (χ1) is 8.02. The summed E-state index contributed by atoms with van der Waals surface area (Å²) in [5.41, 5.74) is -0.0184. The number of rotatable bonds is 5. The van der Waals surface area contributed by atoms with Crippen LogP contribution in [0.15, 0.2) is 0 Å². The van der Waals surface area contributed by atoms with Crippen molar-refractivity contribution in [2.45, 2.75) is 51.6 Å². The van der Waals surface area contributed by atoms with Gasteiger partial charge >= 0.3 is 0 Å². The van der Waals surface area contributed by atoms with E-state index in [1.54, 1.807) is 0 Å². The second kappa shape index (κ2) is 4.94. The highest BCUT2D eigenvalue weighted by molar-refractivity contribution is 5.80. The van der Waals surface area contributed by atoms with Crippen molar-refractivity contribution in [3.8, 4) is 0 Å². The molecule has 3 N–H and O–H groups in total. The maximum absolute atomic E-state index is 12.1. The maximum atomic E-state index is 12.1. The number of hydrogen-bond acceptors (Lipinski definition) is 3. The molecule has 0 spiro atoms. The average Bonchev–Trinajstić information content (AvgIpc) is 2.87. The largest absolute Gasteiger partial charge is 0.396 e. The first-order valence-corrected chi connectivity index (χ1v) is 6.66. The first-order valence-electron chi connectivity index (χ1n) is 6.66. The molecule has 2 bridgehead atoms. The summed E-state index contributed by atoms with van der Waals surface area (Å²) < 4.78 is 0. The SMILES string of the molecule is CC(C)(CCO)CNC(=O)C1CC2CCC1N2. The van der Waals surface area contributed by atoms with E-state index in [-0.39, 0.29) is 23.8 Å². The van der Waals surface area contributed by atoms with Gasteiger partial charge in [0.15, 0.2) is 0 Å². The van der Waals surface area contributed by atoms with Gasteiger partial charge in [0.25, 0.3) is 0 Å². The minimum atomic E-state index is -0.0184. The van der Waals surface area contributed by atoms with Gasteiger partial charge in [-0.05, 0) is 31.1 Å². The molecule has 2 fully saturated rings. The standard InChI is InChI=1S/C13H24N2O2/c1-13(2,5-6-16)8-14-12(17)10-7-9-3-4-11(10)15-9/h9-11,15-16H,3-8H2,1-2H3,(H,14,17). The zero-order valence-corrected chi connectivity index (χ0v) is 10.8. The molecule has 3 atom stereocenters. The summed E-state index contributed by atoms with van der Waals surface area (Å²) in [6, 6.07) is 0.974. The molecule has 2 saturated heterocycles. The molecule has 0 radical (unpaired) electrons. The van der Waals surface area contributed by atoms with E-state index in [0.29, 0.717) is 18.6 Å². The highest BCUT2D eigenvalue weighted by atomic mass is 16.3. The summed E-state index contributed by atoms with van der Waals surface area (Å²) in [7, 11) is 0. The van der Waals surface area contributed by atoms with Crippen molar-refractivity contribution in [1.29, 1.82) is 0 Å². The Balaban J connectivity index is 1.78. The minimum Gasteiger partial charge on any atom is -0.396 e. The lowest BCUT2D eigenvalue weighted by molar-refractivity contribution is -0.126. The Morgan fingerprint density at radius 3 is 2.76 bits per heavy atom. The summed E-state index contributed by atoms with van der Waals surface area (Å²) in [5, 5.41) is 15.5. The second-order valence-corrected chi connectivity index (χ2v) is 6.25. The number of hydrogen-bond donors (Lipinski definition) is 3. The number of nitrogens with one attached hydrogen (secondary N) is 2. The normalized spacial score (nSPS) is 31.8. The molecule has 2 aliphatic rings. The third-order valence-electron chi connectivity index (χ3n) is 4.17. The van der Waals surface area contributed by atoms with Crippen LogP contribution in [-0.4, -0.2) is 36.2 Å². The van der Waals surface area contributed by atoms with Crippen molar-refractivity contribution in [3.63, 3.8) is 0 Å².